The van der Waals surface area contributed by atoms with Gasteiger partial charge < -0.3 is 10.2 Å². The third-order valence-corrected chi connectivity index (χ3v) is 2.85. The van der Waals surface area contributed by atoms with Gasteiger partial charge in [-0.25, -0.2) is 0 Å². The molecular weight excluding hydrogens is 185 g/mol. The molecule has 0 unspecified atom stereocenters. The van der Waals surface area contributed by atoms with Crippen LogP contribution in [-0.4, -0.2) is 28.6 Å². The maximum atomic E-state index is 12.4. The Balaban J connectivity index is 2.81. The highest BCUT2D eigenvalue weighted by atomic mass is 19.4. The molecule has 0 aromatic heterocycles. The first kappa shape index (κ1) is 10.8. The van der Waals surface area contributed by atoms with Crippen molar-refractivity contribution in [2.45, 2.75) is 31.5 Å². The lowest BCUT2D eigenvalue weighted by Crippen LogP contribution is -2.47. The van der Waals surface area contributed by atoms with Gasteiger partial charge in [-0.3, -0.25) is 0 Å². The number of aliphatic hydroxyl groups excluding tert-OH is 1. The maximum absolute atomic E-state index is 12.4. The van der Waals surface area contributed by atoms with Gasteiger partial charge in [0.2, 0.25) is 0 Å². The van der Waals surface area contributed by atoms with Crippen LogP contribution in [0.3, 0.4) is 0 Å². The normalized spacial score (nSPS) is 41.1. The van der Waals surface area contributed by atoms with E-state index in [9.17, 15) is 18.3 Å². The Morgan fingerprint density at radius 1 is 1.46 bits per heavy atom. The minimum Gasteiger partial charge on any atom is -0.396 e. The highest BCUT2D eigenvalue weighted by Crippen LogP contribution is 2.48. The van der Waals surface area contributed by atoms with Crippen molar-refractivity contribution in [3.63, 3.8) is 0 Å². The van der Waals surface area contributed by atoms with Crippen LogP contribution in [0.2, 0.25) is 0 Å². The van der Waals surface area contributed by atoms with E-state index in [1.165, 1.54) is 6.92 Å². The number of aliphatic hydroxyl groups is 2. The molecule has 0 heterocycles. The van der Waals surface area contributed by atoms with Crippen molar-refractivity contribution in [1.82, 2.24) is 0 Å². The van der Waals surface area contributed by atoms with Crippen LogP contribution in [0.15, 0.2) is 0 Å². The second kappa shape index (κ2) is 3.13. The Kier molecular flexibility index (Phi) is 2.60. The molecule has 0 aromatic rings. The first-order valence-electron chi connectivity index (χ1n) is 4.21. The van der Waals surface area contributed by atoms with Crippen LogP contribution in [0.1, 0.15) is 19.8 Å². The van der Waals surface area contributed by atoms with Gasteiger partial charge in [0.05, 0.1) is 0 Å². The Bertz CT molecular complexity index is 192. The molecule has 2 N–H and O–H groups in total. The Hall–Kier alpha value is -0.290. The van der Waals surface area contributed by atoms with Gasteiger partial charge in [-0.15, -0.1) is 0 Å². The second-order valence-electron chi connectivity index (χ2n) is 3.81. The minimum atomic E-state index is -4.59. The van der Waals surface area contributed by atoms with E-state index in [0.717, 1.165) is 0 Å². The lowest BCUT2D eigenvalue weighted by Gasteiger charge is -2.30. The monoisotopic (exact) mass is 198 g/mol. The van der Waals surface area contributed by atoms with Gasteiger partial charge in [0.25, 0.3) is 0 Å². The number of rotatable bonds is 1. The van der Waals surface area contributed by atoms with Gasteiger partial charge >= 0.3 is 6.18 Å². The van der Waals surface area contributed by atoms with Crippen LogP contribution in [0.5, 0.6) is 0 Å². The Morgan fingerprint density at radius 2 is 2.00 bits per heavy atom. The van der Waals surface area contributed by atoms with Crippen molar-refractivity contribution >= 4 is 0 Å². The minimum absolute atomic E-state index is 0.229. The summed E-state index contributed by atoms with van der Waals surface area (Å²) in [5, 5.41) is 18.1. The molecule has 78 valence electrons. The Morgan fingerprint density at radius 3 is 2.23 bits per heavy atom. The van der Waals surface area contributed by atoms with Crippen LogP contribution in [0, 0.1) is 11.8 Å². The summed E-state index contributed by atoms with van der Waals surface area (Å²) >= 11 is 0. The fraction of sp³-hybridized carbons (Fsp3) is 1.00. The smallest absolute Gasteiger partial charge is 0.396 e. The van der Waals surface area contributed by atoms with E-state index >= 15 is 0 Å². The summed E-state index contributed by atoms with van der Waals surface area (Å²) in [6.45, 7) is 1.08. The highest BCUT2D eigenvalue weighted by Gasteiger charge is 2.60. The average Bonchev–Trinajstić information content (AvgIpc) is 2.28. The maximum Gasteiger partial charge on any atom is 0.417 e. The Labute approximate surface area is 74.4 Å². The van der Waals surface area contributed by atoms with Crippen LogP contribution < -0.4 is 0 Å². The zero-order chi connectivity index (χ0) is 10.3. The van der Waals surface area contributed by atoms with Gasteiger partial charge in [-0.1, -0.05) is 6.92 Å². The molecule has 0 saturated heterocycles. The molecule has 0 bridgehead atoms. The predicted molar refractivity (Wildman–Crippen MR) is 40.0 cm³/mol. The van der Waals surface area contributed by atoms with Crippen molar-refractivity contribution in [2.24, 2.45) is 11.8 Å². The van der Waals surface area contributed by atoms with Gasteiger partial charge in [-0.05, 0) is 24.7 Å². The van der Waals surface area contributed by atoms with E-state index < -0.39 is 23.6 Å². The molecular formula is C8H13F3O2. The third-order valence-electron chi connectivity index (χ3n) is 2.85. The summed E-state index contributed by atoms with van der Waals surface area (Å²) in [5.41, 5.74) is -2.60. The third kappa shape index (κ3) is 1.67. The topological polar surface area (TPSA) is 40.5 Å². The molecule has 2 nitrogen and oxygen atoms in total. The van der Waals surface area contributed by atoms with Gasteiger partial charge in [0.15, 0.2) is 5.60 Å². The van der Waals surface area contributed by atoms with Crippen molar-refractivity contribution in [3.05, 3.63) is 0 Å². The molecule has 0 amide bonds. The van der Waals surface area contributed by atoms with Crippen LogP contribution in [0.4, 0.5) is 13.2 Å². The fourth-order valence-electron chi connectivity index (χ4n) is 1.95. The first-order chi connectivity index (χ1) is 5.81. The van der Waals surface area contributed by atoms with Crippen molar-refractivity contribution in [3.8, 4) is 0 Å². The van der Waals surface area contributed by atoms with Crippen LogP contribution in [-0.2, 0) is 0 Å². The number of hydrogen-bond acceptors (Lipinski definition) is 2. The summed E-state index contributed by atoms with van der Waals surface area (Å²) in [6.07, 6.45) is -4.74. The van der Waals surface area contributed by atoms with E-state index in [1.807, 2.05) is 0 Å². The molecule has 0 aliphatic heterocycles. The second-order valence-corrected chi connectivity index (χ2v) is 3.81. The van der Waals surface area contributed by atoms with E-state index in [1.54, 1.807) is 0 Å². The molecule has 0 aromatic carbocycles. The summed E-state index contributed by atoms with van der Waals surface area (Å²) < 4.78 is 37.1. The lowest BCUT2D eigenvalue weighted by atomic mass is 9.92. The largest absolute Gasteiger partial charge is 0.417 e. The summed E-state index contributed by atoms with van der Waals surface area (Å²) in [6, 6.07) is 0. The SMILES string of the molecule is C[C@@H]1C[C@H](CO)C[C@]1(O)C(F)(F)F. The predicted octanol–water partition coefficient (Wildman–Crippen LogP) is 1.32. The van der Waals surface area contributed by atoms with Crippen molar-refractivity contribution in [2.75, 3.05) is 6.61 Å². The molecule has 1 fully saturated rings. The summed E-state index contributed by atoms with van der Waals surface area (Å²) in [4.78, 5) is 0. The molecule has 5 heteroatoms. The van der Waals surface area contributed by atoms with Gasteiger partial charge in [-0.2, -0.15) is 13.2 Å². The molecule has 0 radical (unpaired) electrons. The van der Waals surface area contributed by atoms with Crippen molar-refractivity contribution < 1.29 is 23.4 Å². The van der Waals surface area contributed by atoms with E-state index in [-0.39, 0.29) is 19.4 Å². The van der Waals surface area contributed by atoms with Crippen LogP contribution in [0.25, 0.3) is 0 Å². The molecule has 3 atom stereocenters. The quantitative estimate of drug-likeness (QED) is 0.667. The molecule has 1 saturated carbocycles. The molecule has 1 aliphatic carbocycles. The molecule has 1 rings (SSSR count). The summed E-state index contributed by atoms with van der Waals surface area (Å²) in [7, 11) is 0. The highest BCUT2D eigenvalue weighted by molar-refractivity contribution is 4.99. The van der Waals surface area contributed by atoms with Gasteiger partial charge in [0.1, 0.15) is 0 Å². The van der Waals surface area contributed by atoms with E-state index in [4.69, 9.17) is 5.11 Å². The number of hydrogen-bond donors (Lipinski definition) is 2. The average molecular weight is 198 g/mol. The van der Waals surface area contributed by atoms with E-state index in [0.29, 0.717) is 0 Å². The zero-order valence-corrected chi connectivity index (χ0v) is 7.30. The lowest BCUT2D eigenvalue weighted by molar-refractivity contribution is -0.271. The zero-order valence-electron chi connectivity index (χ0n) is 7.30. The number of alkyl halides is 3. The fourth-order valence-corrected chi connectivity index (χ4v) is 1.95. The van der Waals surface area contributed by atoms with Crippen LogP contribution >= 0.6 is 0 Å². The van der Waals surface area contributed by atoms with Gasteiger partial charge in [0, 0.05) is 6.61 Å². The van der Waals surface area contributed by atoms with Crippen molar-refractivity contribution in [1.29, 1.82) is 0 Å². The number of halogens is 3. The summed E-state index contributed by atoms with van der Waals surface area (Å²) in [5.74, 6) is -1.26. The van der Waals surface area contributed by atoms with E-state index in [2.05, 4.69) is 0 Å². The molecule has 0 spiro atoms. The standard InChI is InChI=1S/C8H13F3O2/c1-5-2-6(4-12)3-7(5,13)8(9,10)11/h5-6,12-13H,2-4H2,1H3/t5-,6+,7-/m1/s1. The first-order valence-corrected chi connectivity index (χ1v) is 4.21. The molecule has 13 heavy (non-hydrogen) atoms. The molecule has 1 aliphatic rings.